The molecule has 100 valence electrons. The number of aromatic nitrogens is 3. The smallest absolute Gasteiger partial charge is 0.269 e. The predicted molar refractivity (Wildman–Crippen MR) is 77.0 cm³/mol. The molecule has 0 aromatic carbocycles. The average molecular weight is 266 g/mol. The summed E-state index contributed by atoms with van der Waals surface area (Å²) in [5, 5.41) is 2.60. The van der Waals surface area contributed by atoms with E-state index < -0.39 is 0 Å². The minimum atomic E-state index is -0.171. The van der Waals surface area contributed by atoms with Crippen LogP contribution in [0.5, 0.6) is 0 Å². The second kappa shape index (κ2) is 4.77. The van der Waals surface area contributed by atoms with E-state index in [-0.39, 0.29) is 5.91 Å². The fraction of sp³-hybridized carbons (Fsp3) is 0.133. The summed E-state index contributed by atoms with van der Waals surface area (Å²) in [6, 6.07) is 9.59. The lowest BCUT2D eigenvalue weighted by Crippen LogP contribution is -2.20. The van der Waals surface area contributed by atoms with Gasteiger partial charge in [-0.2, -0.15) is 0 Å². The van der Waals surface area contributed by atoms with Gasteiger partial charge in [0.25, 0.3) is 5.91 Å². The molecule has 0 saturated carbocycles. The van der Waals surface area contributed by atoms with E-state index in [2.05, 4.69) is 15.3 Å². The molecule has 0 bridgehead atoms. The van der Waals surface area contributed by atoms with E-state index in [0.717, 1.165) is 22.4 Å². The van der Waals surface area contributed by atoms with Crippen molar-refractivity contribution >= 4 is 16.9 Å². The molecular formula is C15H14N4O. The maximum Gasteiger partial charge on any atom is 0.269 e. The van der Waals surface area contributed by atoms with Gasteiger partial charge in [-0.3, -0.25) is 9.36 Å². The highest BCUT2D eigenvalue weighted by atomic mass is 16.1. The van der Waals surface area contributed by atoms with Crippen LogP contribution in [-0.4, -0.2) is 27.5 Å². The first kappa shape index (κ1) is 12.3. The standard InChI is InChI=1S/C15H14N4O/c1-10-9-12-11(18-14(10)15(20)16-2)6-8-19(12)13-5-3-4-7-17-13/h3-9H,1-2H3,(H,16,20). The quantitative estimate of drug-likeness (QED) is 0.772. The van der Waals surface area contributed by atoms with Crippen LogP contribution in [-0.2, 0) is 0 Å². The van der Waals surface area contributed by atoms with Crippen molar-refractivity contribution in [2.24, 2.45) is 0 Å². The van der Waals surface area contributed by atoms with Crippen LogP contribution in [0.25, 0.3) is 16.9 Å². The normalized spacial score (nSPS) is 10.7. The Morgan fingerprint density at radius 2 is 2.15 bits per heavy atom. The summed E-state index contributed by atoms with van der Waals surface area (Å²) in [5.74, 6) is 0.659. The van der Waals surface area contributed by atoms with E-state index in [9.17, 15) is 4.79 Å². The lowest BCUT2D eigenvalue weighted by molar-refractivity contribution is 0.0958. The molecule has 0 spiro atoms. The summed E-state index contributed by atoms with van der Waals surface area (Å²) in [7, 11) is 1.60. The Morgan fingerprint density at radius 3 is 2.85 bits per heavy atom. The van der Waals surface area contributed by atoms with Crippen molar-refractivity contribution < 1.29 is 4.79 Å². The lowest BCUT2D eigenvalue weighted by Gasteiger charge is -2.07. The Bertz CT molecular complexity index is 777. The molecule has 20 heavy (non-hydrogen) atoms. The van der Waals surface area contributed by atoms with E-state index in [0.29, 0.717) is 5.69 Å². The van der Waals surface area contributed by atoms with Gasteiger partial charge in [0.15, 0.2) is 0 Å². The number of carbonyl (C=O) groups is 1. The molecule has 0 saturated heterocycles. The largest absolute Gasteiger partial charge is 0.354 e. The molecule has 0 aliphatic carbocycles. The zero-order chi connectivity index (χ0) is 14.1. The number of nitrogens with zero attached hydrogens (tertiary/aromatic N) is 3. The van der Waals surface area contributed by atoms with Gasteiger partial charge in [-0.25, -0.2) is 9.97 Å². The summed E-state index contributed by atoms with van der Waals surface area (Å²) in [6.45, 7) is 1.88. The lowest BCUT2D eigenvalue weighted by atomic mass is 10.2. The van der Waals surface area contributed by atoms with Crippen LogP contribution in [0.1, 0.15) is 16.1 Å². The highest BCUT2D eigenvalue weighted by molar-refractivity contribution is 5.96. The van der Waals surface area contributed by atoms with Gasteiger partial charge in [0.1, 0.15) is 11.5 Å². The van der Waals surface area contributed by atoms with Crippen LogP contribution in [0, 0.1) is 6.92 Å². The number of hydrogen-bond acceptors (Lipinski definition) is 3. The molecular weight excluding hydrogens is 252 g/mol. The highest BCUT2D eigenvalue weighted by Gasteiger charge is 2.13. The zero-order valence-corrected chi connectivity index (χ0v) is 11.3. The molecule has 0 atom stereocenters. The van der Waals surface area contributed by atoms with Crippen LogP contribution < -0.4 is 5.32 Å². The van der Waals surface area contributed by atoms with Crippen LogP contribution in [0.2, 0.25) is 0 Å². The second-order valence-corrected chi connectivity index (χ2v) is 4.51. The van der Waals surface area contributed by atoms with Gasteiger partial charge in [-0.05, 0) is 36.8 Å². The number of carbonyl (C=O) groups excluding carboxylic acids is 1. The first-order chi connectivity index (χ1) is 9.70. The SMILES string of the molecule is CNC(=O)c1nc2ccn(-c3ccccn3)c2cc1C. The van der Waals surface area contributed by atoms with Crippen molar-refractivity contribution in [3.63, 3.8) is 0 Å². The maximum absolute atomic E-state index is 11.8. The Morgan fingerprint density at radius 1 is 1.30 bits per heavy atom. The number of fused-ring (bicyclic) bond motifs is 1. The molecule has 3 aromatic rings. The summed E-state index contributed by atoms with van der Waals surface area (Å²) in [6.07, 6.45) is 3.66. The number of amides is 1. The molecule has 3 rings (SSSR count). The van der Waals surface area contributed by atoms with Crippen molar-refractivity contribution in [1.82, 2.24) is 19.9 Å². The minimum absolute atomic E-state index is 0.171. The van der Waals surface area contributed by atoms with E-state index in [1.165, 1.54) is 0 Å². The minimum Gasteiger partial charge on any atom is -0.354 e. The molecule has 5 heteroatoms. The number of pyridine rings is 2. The average Bonchev–Trinajstić information content (AvgIpc) is 2.89. The molecule has 0 radical (unpaired) electrons. The van der Waals surface area contributed by atoms with Crippen molar-refractivity contribution in [3.8, 4) is 5.82 Å². The number of aryl methyl sites for hydroxylation is 1. The highest BCUT2D eigenvalue weighted by Crippen LogP contribution is 2.20. The third kappa shape index (κ3) is 1.93. The first-order valence-corrected chi connectivity index (χ1v) is 6.33. The van der Waals surface area contributed by atoms with Crippen molar-refractivity contribution in [1.29, 1.82) is 0 Å². The summed E-state index contributed by atoms with van der Waals surface area (Å²) >= 11 is 0. The zero-order valence-electron chi connectivity index (χ0n) is 11.3. The van der Waals surface area contributed by atoms with E-state index >= 15 is 0 Å². The molecule has 5 nitrogen and oxygen atoms in total. The monoisotopic (exact) mass is 266 g/mol. The Labute approximate surface area is 116 Å². The molecule has 1 amide bonds. The molecule has 3 aromatic heterocycles. The number of nitrogens with one attached hydrogen (secondary N) is 1. The second-order valence-electron chi connectivity index (χ2n) is 4.51. The number of rotatable bonds is 2. The predicted octanol–water partition coefficient (Wildman–Crippen LogP) is 2.09. The first-order valence-electron chi connectivity index (χ1n) is 6.33. The van der Waals surface area contributed by atoms with Crippen LogP contribution in [0.3, 0.4) is 0 Å². The summed E-state index contributed by atoms with van der Waals surface area (Å²) in [5.41, 5.74) is 3.01. The molecule has 0 unspecified atom stereocenters. The van der Waals surface area contributed by atoms with Gasteiger partial charge < -0.3 is 5.32 Å². The van der Waals surface area contributed by atoms with Gasteiger partial charge >= 0.3 is 0 Å². The van der Waals surface area contributed by atoms with Crippen molar-refractivity contribution in [3.05, 3.63) is 54.0 Å². The molecule has 0 aliphatic rings. The van der Waals surface area contributed by atoms with Gasteiger partial charge in [-0.15, -0.1) is 0 Å². The topological polar surface area (TPSA) is 59.8 Å². The molecule has 0 aliphatic heterocycles. The molecule has 0 fully saturated rings. The van der Waals surface area contributed by atoms with Crippen molar-refractivity contribution in [2.75, 3.05) is 7.05 Å². The van der Waals surface area contributed by atoms with E-state index in [4.69, 9.17) is 0 Å². The summed E-state index contributed by atoms with van der Waals surface area (Å²) in [4.78, 5) is 20.5. The van der Waals surface area contributed by atoms with Crippen LogP contribution >= 0.6 is 0 Å². The van der Waals surface area contributed by atoms with Gasteiger partial charge in [-0.1, -0.05) is 6.07 Å². The number of hydrogen-bond donors (Lipinski definition) is 1. The third-order valence-corrected chi connectivity index (χ3v) is 3.20. The molecule has 3 heterocycles. The van der Waals surface area contributed by atoms with Crippen LogP contribution in [0.4, 0.5) is 0 Å². The maximum atomic E-state index is 11.8. The molecule has 1 N–H and O–H groups in total. The van der Waals surface area contributed by atoms with E-state index in [1.54, 1.807) is 13.2 Å². The fourth-order valence-electron chi connectivity index (χ4n) is 2.20. The van der Waals surface area contributed by atoms with Crippen molar-refractivity contribution in [2.45, 2.75) is 6.92 Å². The Hall–Kier alpha value is -2.69. The Balaban J connectivity index is 2.20. The van der Waals surface area contributed by atoms with Gasteiger partial charge in [0, 0.05) is 19.4 Å². The van der Waals surface area contributed by atoms with Gasteiger partial charge in [0.05, 0.1) is 11.0 Å². The van der Waals surface area contributed by atoms with Crippen LogP contribution in [0.15, 0.2) is 42.7 Å². The fourth-order valence-corrected chi connectivity index (χ4v) is 2.20. The van der Waals surface area contributed by atoms with Gasteiger partial charge in [0.2, 0.25) is 0 Å². The Kier molecular flexibility index (Phi) is 2.95. The van der Waals surface area contributed by atoms with E-state index in [1.807, 2.05) is 48.0 Å². The third-order valence-electron chi connectivity index (χ3n) is 3.20. The summed E-state index contributed by atoms with van der Waals surface area (Å²) < 4.78 is 1.96.